The zero-order valence-electron chi connectivity index (χ0n) is 16.6. The topological polar surface area (TPSA) is 70.5 Å². The molecule has 3 aromatic rings. The van der Waals surface area contributed by atoms with E-state index in [4.69, 9.17) is 20.9 Å². The maximum atomic E-state index is 13.9. The second-order valence-corrected chi connectivity index (χ2v) is 6.76. The third kappa shape index (κ3) is 6.41. The molecular weight excluding hydrogens is 379 g/mol. The van der Waals surface area contributed by atoms with Crippen LogP contribution in [0.2, 0.25) is 0 Å². The molecule has 4 nitrogen and oxygen atoms in total. The van der Waals surface area contributed by atoms with Crippen molar-refractivity contribution in [2.75, 3.05) is 0 Å². The largest absolute Gasteiger partial charge is 0.483 e. The molecule has 0 fully saturated rings. The van der Waals surface area contributed by atoms with Crippen molar-refractivity contribution in [2.45, 2.75) is 19.6 Å². The van der Waals surface area contributed by atoms with Gasteiger partial charge >= 0.3 is 0 Å². The Morgan fingerprint density at radius 3 is 1.87 bits per heavy atom. The summed E-state index contributed by atoms with van der Waals surface area (Å²) in [6, 6.07) is 25.9. The summed E-state index contributed by atoms with van der Waals surface area (Å²) in [5.74, 6) is 0.118. The van der Waals surface area contributed by atoms with Crippen LogP contribution in [0.15, 0.2) is 108 Å². The van der Waals surface area contributed by atoms with Gasteiger partial charge in [-0.3, -0.25) is 0 Å². The Balaban J connectivity index is 1.77. The fourth-order valence-corrected chi connectivity index (χ4v) is 2.81. The standard InChI is InChI=1S/C25H25FN2O2/c26-23-14-8-7-13-21(23)15-22(27)16-24(29-17-19-9-3-1-4-10-19)25(28)30-18-20-11-5-2-6-12-20/h1-14,16H,15,17-18,27-28H2/b22-16-,25-24-. The van der Waals surface area contributed by atoms with Crippen LogP contribution in [-0.2, 0) is 29.1 Å². The van der Waals surface area contributed by atoms with E-state index in [0.29, 0.717) is 30.2 Å². The fourth-order valence-electron chi connectivity index (χ4n) is 2.81. The van der Waals surface area contributed by atoms with Crippen LogP contribution in [0, 0.1) is 5.82 Å². The predicted molar refractivity (Wildman–Crippen MR) is 116 cm³/mol. The van der Waals surface area contributed by atoms with Gasteiger partial charge in [-0.15, -0.1) is 0 Å². The van der Waals surface area contributed by atoms with Crippen LogP contribution in [-0.4, -0.2) is 0 Å². The average molecular weight is 404 g/mol. The number of allylic oxidation sites excluding steroid dienone is 2. The van der Waals surface area contributed by atoms with Crippen LogP contribution in [0.4, 0.5) is 4.39 Å². The van der Waals surface area contributed by atoms with Gasteiger partial charge in [0.05, 0.1) is 0 Å². The van der Waals surface area contributed by atoms with Crippen molar-refractivity contribution in [1.82, 2.24) is 0 Å². The van der Waals surface area contributed by atoms with Gasteiger partial charge in [0.25, 0.3) is 0 Å². The molecule has 0 aliphatic rings. The van der Waals surface area contributed by atoms with Gasteiger partial charge in [0.2, 0.25) is 5.88 Å². The number of ether oxygens (including phenoxy) is 2. The Kier molecular flexibility index (Phi) is 7.50. The molecule has 0 aliphatic carbocycles. The maximum Gasteiger partial charge on any atom is 0.228 e. The first kappa shape index (κ1) is 21.0. The highest BCUT2D eigenvalue weighted by Crippen LogP contribution is 2.16. The minimum atomic E-state index is -0.308. The molecule has 3 aromatic carbocycles. The minimum Gasteiger partial charge on any atom is -0.483 e. The van der Waals surface area contributed by atoms with Gasteiger partial charge in [-0.05, 0) is 22.8 Å². The Morgan fingerprint density at radius 1 is 0.733 bits per heavy atom. The molecule has 0 saturated carbocycles. The van der Waals surface area contributed by atoms with Crippen LogP contribution in [0.1, 0.15) is 16.7 Å². The summed E-state index contributed by atoms with van der Waals surface area (Å²) < 4.78 is 25.6. The molecule has 30 heavy (non-hydrogen) atoms. The van der Waals surface area contributed by atoms with E-state index in [9.17, 15) is 4.39 Å². The van der Waals surface area contributed by atoms with E-state index in [1.165, 1.54) is 6.07 Å². The van der Waals surface area contributed by atoms with E-state index < -0.39 is 0 Å². The number of hydrogen-bond acceptors (Lipinski definition) is 4. The number of nitrogens with two attached hydrogens (primary N) is 2. The van der Waals surface area contributed by atoms with Crippen molar-refractivity contribution in [2.24, 2.45) is 11.5 Å². The molecule has 0 radical (unpaired) electrons. The highest BCUT2D eigenvalue weighted by molar-refractivity contribution is 5.27. The zero-order valence-corrected chi connectivity index (χ0v) is 16.6. The van der Waals surface area contributed by atoms with Gasteiger partial charge in [-0.25, -0.2) is 4.39 Å². The van der Waals surface area contributed by atoms with E-state index in [2.05, 4.69) is 0 Å². The summed E-state index contributed by atoms with van der Waals surface area (Å²) in [5, 5.41) is 0. The van der Waals surface area contributed by atoms with Gasteiger partial charge in [0, 0.05) is 18.2 Å². The van der Waals surface area contributed by atoms with Crippen molar-refractivity contribution in [3.8, 4) is 0 Å². The first-order valence-corrected chi connectivity index (χ1v) is 9.64. The monoisotopic (exact) mass is 404 g/mol. The lowest BCUT2D eigenvalue weighted by atomic mass is 10.1. The fraction of sp³-hybridized carbons (Fsp3) is 0.120. The summed E-state index contributed by atoms with van der Waals surface area (Å²) in [7, 11) is 0. The highest BCUT2D eigenvalue weighted by Gasteiger charge is 2.09. The number of halogens is 1. The van der Waals surface area contributed by atoms with E-state index in [-0.39, 0.29) is 18.1 Å². The number of benzene rings is 3. The quantitative estimate of drug-likeness (QED) is 0.398. The van der Waals surface area contributed by atoms with E-state index in [0.717, 1.165) is 11.1 Å². The summed E-state index contributed by atoms with van der Waals surface area (Å²) in [5.41, 5.74) is 15.2. The highest BCUT2D eigenvalue weighted by atomic mass is 19.1. The van der Waals surface area contributed by atoms with Gasteiger partial charge in [0.1, 0.15) is 19.0 Å². The van der Waals surface area contributed by atoms with Crippen molar-refractivity contribution in [1.29, 1.82) is 0 Å². The van der Waals surface area contributed by atoms with Crippen LogP contribution in [0.5, 0.6) is 0 Å². The van der Waals surface area contributed by atoms with Crippen molar-refractivity contribution in [3.63, 3.8) is 0 Å². The van der Waals surface area contributed by atoms with Crippen LogP contribution in [0.25, 0.3) is 0 Å². The molecule has 0 saturated heterocycles. The zero-order chi connectivity index (χ0) is 21.2. The minimum absolute atomic E-state index is 0.117. The second-order valence-electron chi connectivity index (χ2n) is 6.76. The molecule has 0 amide bonds. The van der Waals surface area contributed by atoms with Crippen molar-refractivity contribution < 1.29 is 13.9 Å². The molecule has 0 spiro atoms. The molecule has 154 valence electrons. The van der Waals surface area contributed by atoms with Gasteiger partial charge < -0.3 is 20.9 Å². The maximum absolute atomic E-state index is 13.9. The van der Waals surface area contributed by atoms with Crippen molar-refractivity contribution in [3.05, 3.63) is 131 Å². The summed E-state index contributed by atoms with van der Waals surface area (Å²) in [6.45, 7) is 0.598. The van der Waals surface area contributed by atoms with Gasteiger partial charge in [-0.2, -0.15) is 0 Å². The van der Waals surface area contributed by atoms with Crippen LogP contribution in [0.3, 0.4) is 0 Å². The van der Waals surface area contributed by atoms with Gasteiger partial charge in [0.15, 0.2) is 5.76 Å². The molecule has 0 bridgehead atoms. The van der Waals surface area contributed by atoms with Crippen LogP contribution < -0.4 is 11.5 Å². The lowest BCUT2D eigenvalue weighted by Crippen LogP contribution is -2.11. The van der Waals surface area contributed by atoms with Crippen molar-refractivity contribution >= 4 is 0 Å². The lowest BCUT2D eigenvalue weighted by Gasteiger charge is -2.13. The Bertz CT molecular complexity index is 1000. The van der Waals surface area contributed by atoms with Gasteiger partial charge in [-0.1, -0.05) is 78.9 Å². The SMILES string of the molecule is N/C(=C\C(OCc1ccccc1)=C(/N)OCc1ccccc1)Cc1ccccc1F. The van der Waals surface area contributed by atoms with E-state index in [1.54, 1.807) is 24.3 Å². The molecule has 0 aliphatic heterocycles. The third-order valence-electron chi connectivity index (χ3n) is 4.39. The van der Waals surface area contributed by atoms with E-state index in [1.807, 2.05) is 60.7 Å². The first-order chi connectivity index (χ1) is 14.6. The third-order valence-corrected chi connectivity index (χ3v) is 4.39. The smallest absolute Gasteiger partial charge is 0.228 e. The number of hydrogen-bond donors (Lipinski definition) is 2. The Labute approximate surface area is 176 Å². The van der Waals surface area contributed by atoms with E-state index >= 15 is 0 Å². The molecule has 3 rings (SSSR count). The molecule has 0 aromatic heterocycles. The molecule has 0 unspecified atom stereocenters. The van der Waals surface area contributed by atoms with Crippen LogP contribution >= 0.6 is 0 Å². The molecule has 0 heterocycles. The normalized spacial score (nSPS) is 12.2. The predicted octanol–water partition coefficient (Wildman–Crippen LogP) is 4.77. The Hall–Kier alpha value is -3.73. The molecule has 0 atom stereocenters. The molecule has 5 heteroatoms. The summed E-state index contributed by atoms with van der Waals surface area (Å²) in [4.78, 5) is 0. The first-order valence-electron chi connectivity index (χ1n) is 9.64. The molecular formula is C25H25FN2O2. The Morgan fingerprint density at radius 2 is 1.27 bits per heavy atom. The lowest BCUT2D eigenvalue weighted by molar-refractivity contribution is 0.144. The molecule has 4 N–H and O–H groups in total. The summed E-state index contributed by atoms with van der Waals surface area (Å²) in [6.07, 6.45) is 1.83. The summed E-state index contributed by atoms with van der Waals surface area (Å²) >= 11 is 0. The number of rotatable bonds is 9. The average Bonchev–Trinajstić information content (AvgIpc) is 2.78. The second kappa shape index (κ2) is 10.7.